The van der Waals surface area contributed by atoms with Crippen molar-refractivity contribution in [3.8, 4) is 0 Å². The van der Waals surface area contributed by atoms with E-state index in [4.69, 9.17) is 4.74 Å². The van der Waals surface area contributed by atoms with Crippen LogP contribution in [0.15, 0.2) is 24.3 Å². The number of hydrogen-bond donors (Lipinski definition) is 1. The SMILES string of the molecule is Cc1cc(C(=O)NCCCOC2CCN(C)CC2)c2ccc(F)cc2n1. The van der Waals surface area contributed by atoms with Gasteiger partial charge in [-0.15, -0.1) is 0 Å². The van der Waals surface area contributed by atoms with Crippen molar-refractivity contribution >= 4 is 16.8 Å². The lowest BCUT2D eigenvalue weighted by atomic mass is 10.1. The first-order valence-electron chi connectivity index (χ1n) is 9.18. The average molecular weight is 359 g/mol. The van der Waals surface area contributed by atoms with E-state index in [1.807, 2.05) is 0 Å². The third-order valence-corrected chi connectivity index (χ3v) is 4.77. The molecule has 2 heterocycles. The summed E-state index contributed by atoms with van der Waals surface area (Å²) in [5.41, 5.74) is 1.73. The molecule has 1 saturated heterocycles. The molecule has 140 valence electrons. The highest BCUT2D eigenvalue weighted by Gasteiger charge is 2.17. The van der Waals surface area contributed by atoms with Crippen LogP contribution in [-0.2, 0) is 4.74 Å². The smallest absolute Gasteiger partial charge is 0.252 e. The number of likely N-dealkylation sites (tertiary alicyclic amines) is 1. The fraction of sp³-hybridized carbons (Fsp3) is 0.500. The van der Waals surface area contributed by atoms with E-state index in [2.05, 4.69) is 22.2 Å². The largest absolute Gasteiger partial charge is 0.378 e. The minimum atomic E-state index is -0.354. The molecule has 5 nitrogen and oxygen atoms in total. The van der Waals surface area contributed by atoms with Gasteiger partial charge >= 0.3 is 0 Å². The molecule has 1 aliphatic heterocycles. The Labute approximate surface area is 153 Å². The Balaban J connectivity index is 1.50. The maximum Gasteiger partial charge on any atom is 0.252 e. The lowest BCUT2D eigenvalue weighted by molar-refractivity contribution is 0.0117. The van der Waals surface area contributed by atoms with Gasteiger partial charge in [-0.25, -0.2) is 4.39 Å². The lowest BCUT2D eigenvalue weighted by Crippen LogP contribution is -2.34. The monoisotopic (exact) mass is 359 g/mol. The van der Waals surface area contributed by atoms with Crippen LogP contribution in [0.2, 0.25) is 0 Å². The number of halogens is 1. The fourth-order valence-corrected chi connectivity index (χ4v) is 3.29. The highest BCUT2D eigenvalue weighted by Crippen LogP contribution is 2.19. The van der Waals surface area contributed by atoms with Crippen LogP contribution in [0.25, 0.3) is 10.9 Å². The van der Waals surface area contributed by atoms with Crippen molar-refractivity contribution in [2.75, 3.05) is 33.3 Å². The first kappa shape index (κ1) is 18.7. The van der Waals surface area contributed by atoms with E-state index in [0.717, 1.165) is 32.4 Å². The molecule has 0 atom stereocenters. The molecule has 0 radical (unpaired) electrons. The topological polar surface area (TPSA) is 54.5 Å². The van der Waals surface area contributed by atoms with Gasteiger partial charge < -0.3 is 15.0 Å². The summed E-state index contributed by atoms with van der Waals surface area (Å²) in [7, 11) is 2.13. The van der Waals surface area contributed by atoms with Gasteiger partial charge in [0.25, 0.3) is 5.91 Å². The molecular weight excluding hydrogens is 333 g/mol. The Morgan fingerprint density at radius 2 is 2.12 bits per heavy atom. The van der Waals surface area contributed by atoms with Crippen LogP contribution in [0.4, 0.5) is 4.39 Å². The first-order valence-corrected chi connectivity index (χ1v) is 9.18. The normalized spacial score (nSPS) is 16.1. The summed E-state index contributed by atoms with van der Waals surface area (Å²) in [6, 6.07) is 6.06. The number of piperidine rings is 1. The van der Waals surface area contributed by atoms with Crippen LogP contribution in [-0.4, -0.2) is 55.2 Å². The third-order valence-electron chi connectivity index (χ3n) is 4.77. The number of nitrogens with zero attached hydrogens (tertiary/aromatic N) is 2. The van der Waals surface area contributed by atoms with E-state index in [1.54, 1.807) is 19.1 Å². The van der Waals surface area contributed by atoms with Crippen molar-refractivity contribution in [2.24, 2.45) is 0 Å². The van der Waals surface area contributed by atoms with Gasteiger partial charge in [0.05, 0.1) is 17.2 Å². The average Bonchev–Trinajstić information content (AvgIpc) is 2.61. The number of carbonyl (C=O) groups excluding carboxylic acids is 1. The summed E-state index contributed by atoms with van der Waals surface area (Å²) >= 11 is 0. The van der Waals surface area contributed by atoms with Gasteiger partial charge in [0.1, 0.15) is 5.82 Å². The van der Waals surface area contributed by atoms with Crippen molar-refractivity contribution in [2.45, 2.75) is 32.3 Å². The zero-order valence-electron chi connectivity index (χ0n) is 15.4. The summed E-state index contributed by atoms with van der Waals surface area (Å²) in [5, 5.41) is 3.59. The summed E-state index contributed by atoms with van der Waals surface area (Å²) in [5.74, 6) is -0.514. The van der Waals surface area contributed by atoms with E-state index in [1.165, 1.54) is 12.1 Å². The van der Waals surface area contributed by atoms with Gasteiger partial charge in [0, 0.05) is 43.4 Å². The van der Waals surface area contributed by atoms with Crippen molar-refractivity contribution in [1.82, 2.24) is 15.2 Å². The Morgan fingerprint density at radius 3 is 2.88 bits per heavy atom. The van der Waals surface area contributed by atoms with Crippen molar-refractivity contribution in [3.05, 3.63) is 41.3 Å². The highest BCUT2D eigenvalue weighted by atomic mass is 19.1. The second-order valence-corrected chi connectivity index (χ2v) is 6.96. The van der Waals surface area contributed by atoms with Gasteiger partial charge in [-0.3, -0.25) is 9.78 Å². The molecule has 1 aromatic carbocycles. The summed E-state index contributed by atoms with van der Waals surface area (Å²) in [6.45, 7) is 5.16. The molecule has 0 unspecified atom stereocenters. The molecule has 26 heavy (non-hydrogen) atoms. The predicted octanol–water partition coefficient (Wildman–Crippen LogP) is 2.91. The number of ether oxygens (including phenoxy) is 1. The van der Waals surface area contributed by atoms with Crippen LogP contribution < -0.4 is 5.32 Å². The molecule has 0 saturated carbocycles. The van der Waals surface area contributed by atoms with Crippen LogP contribution in [0, 0.1) is 12.7 Å². The van der Waals surface area contributed by atoms with Gasteiger partial charge in [-0.2, -0.15) is 0 Å². The molecule has 2 aromatic rings. The van der Waals surface area contributed by atoms with Crippen LogP contribution in [0.1, 0.15) is 35.3 Å². The number of fused-ring (bicyclic) bond motifs is 1. The first-order chi connectivity index (χ1) is 12.5. The molecule has 0 aliphatic carbocycles. The highest BCUT2D eigenvalue weighted by molar-refractivity contribution is 6.06. The molecule has 0 spiro atoms. The molecular formula is C20H26FN3O2. The van der Waals surface area contributed by atoms with E-state index in [0.29, 0.717) is 41.4 Å². The number of amides is 1. The number of aromatic nitrogens is 1. The van der Waals surface area contributed by atoms with Gasteiger partial charge in [-0.05, 0) is 51.4 Å². The summed E-state index contributed by atoms with van der Waals surface area (Å²) < 4.78 is 19.3. The molecule has 1 fully saturated rings. The minimum Gasteiger partial charge on any atom is -0.378 e. The van der Waals surface area contributed by atoms with Gasteiger partial charge in [0.2, 0.25) is 0 Å². The van der Waals surface area contributed by atoms with Crippen LogP contribution in [0.5, 0.6) is 0 Å². The predicted molar refractivity (Wildman–Crippen MR) is 99.9 cm³/mol. The third kappa shape index (κ3) is 4.77. The molecule has 6 heteroatoms. The Hall–Kier alpha value is -2.05. The maximum atomic E-state index is 13.4. The Bertz CT molecular complexity index is 768. The van der Waals surface area contributed by atoms with E-state index in [9.17, 15) is 9.18 Å². The molecule has 1 aromatic heterocycles. The van der Waals surface area contributed by atoms with Crippen molar-refractivity contribution in [1.29, 1.82) is 0 Å². The standard InChI is InChI=1S/C20H26FN3O2/c1-14-12-18(17-5-4-15(21)13-19(17)23-14)20(25)22-8-3-11-26-16-6-9-24(2)10-7-16/h4-5,12-13,16H,3,6-11H2,1-2H3,(H,22,25). The number of nitrogens with one attached hydrogen (secondary N) is 1. The second kappa shape index (κ2) is 8.56. The minimum absolute atomic E-state index is 0.161. The van der Waals surface area contributed by atoms with Gasteiger partial charge in [0.15, 0.2) is 0 Å². The number of rotatable bonds is 6. The number of carbonyl (C=O) groups is 1. The number of hydrogen-bond acceptors (Lipinski definition) is 4. The van der Waals surface area contributed by atoms with E-state index in [-0.39, 0.29) is 11.7 Å². The second-order valence-electron chi connectivity index (χ2n) is 6.96. The van der Waals surface area contributed by atoms with Crippen molar-refractivity contribution < 1.29 is 13.9 Å². The van der Waals surface area contributed by atoms with Crippen LogP contribution in [0.3, 0.4) is 0 Å². The zero-order valence-corrected chi connectivity index (χ0v) is 15.4. The number of pyridine rings is 1. The van der Waals surface area contributed by atoms with Gasteiger partial charge in [-0.1, -0.05) is 0 Å². The lowest BCUT2D eigenvalue weighted by Gasteiger charge is -2.28. The summed E-state index contributed by atoms with van der Waals surface area (Å²) in [6.07, 6.45) is 3.25. The van der Waals surface area contributed by atoms with Crippen molar-refractivity contribution in [3.63, 3.8) is 0 Å². The van der Waals surface area contributed by atoms with E-state index >= 15 is 0 Å². The number of aryl methyl sites for hydroxylation is 1. The molecule has 1 N–H and O–H groups in total. The maximum absolute atomic E-state index is 13.4. The molecule has 3 rings (SSSR count). The molecule has 0 bridgehead atoms. The quantitative estimate of drug-likeness (QED) is 0.806. The van der Waals surface area contributed by atoms with E-state index < -0.39 is 0 Å². The fourth-order valence-electron chi connectivity index (χ4n) is 3.29. The van der Waals surface area contributed by atoms with Crippen LogP contribution >= 0.6 is 0 Å². The Kier molecular flexibility index (Phi) is 6.16. The zero-order chi connectivity index (χ0) is 18.5. The molecule has 1 amide bonds. The summed E-state index contributed by atoms with van der Waals surface area (Å²) in [4.78, 5) is 19.1. The molecule has 1 aliphatic rings. The Morgan fingerprint density at radius 1 is 1.35 bits per heavy atom. The number of benzene rings is 1.